The Morgan fingerprint density at radius 2 is 1.93 bits per heavy atom. The van der Waals surface area contributed by atoms with E-state index in [1.54, 1.807) is 25.3 Å². The number of methoxy groups -OCH3 is 3. The number of nitrogens with zero attached hydrogens (tertiary/aromatic N) is 2. The third kappa shape index (κ3) is 4.44. The SMILES string of the molecule is CCOCCn1c(=NC(=O)c2cccc(OC)c2OC)sc2cc(OC)ccc21. The first kappa shape index (κ1) is 20.9. The van der Waals surface area contributed by atoms with E-state index < -0.39 is 5.91 Å². The number of amides is 1. The van der Waals surface area contributed by atoms with Gasteiger partial charge in [0, 0.05) is 13.2 Å². The van der Waals surface area contributed by atoms with E-state index in [4.69, 9.17) is 18.9 Å². The molecule has 0 unspecified atom stereocenters. The zero-order valence-corrected chi connectivity index (χ0v) is 17.7. The maximum Gasteiger partial charge on any atom is 0.283 e. The van der Waals surface area contributed by atoms with Gasteiger partial charge in [0.1, 0.15) is 5.75 Å². The fourth-order valence-corrected chi connectivity index (χ4v) is 4.07. The Morgan fingerprint density at radius 3 is 2.62 bits per heavy atom. The van der Waals surface area contributed by atoms with Crippen molar-refractivity contribution in [1.29, 1.82) is 0 Å². The number of hydrogen-bond donors (Lipinski definition) is 0. The molecule has 29 heavy (non-hydrogen) atoms. The van der Waals surface area contributed by atoms with Gasteiger partial charge in [0.15, 0.2) is 16.3 Å². The molecule has 0 aliphatic heterocycles. The Balaban J connectivity index is 2.11. The summed E-state index contributed by atoms with van der Waals surface area (Å²) in [6, 6.07) is 10.9. The van der Waals surface area contributed by atoms with Crippen LogP contribution in [0, 0.1) is 0 Å². The first-order valence-corrected chi connectivity index (χ1v) is 9.99. The van der Waals surface area contributed by atoms with Crippen molar-refractivity contribution in [2.45, 2.75) is 13.5 Å². The first-order chi connectivity index (χ1) is 14.1. The predicted molar refractivity (Wildman–Crippen MR) is 112 cm³/mol. The van der Waals surface area contributed by atoms with Gasteiger partial charge in [-0.15, -0.1) is 0 Å². The number of aromatic nitrogens is 1. The van der Waals surface area contributed by atoms with Crippen LogP contribution in [0.3, 0.4) is 0 Å². The molecule has 3 rings (SSSR count). The molecular weight excluding hydrogens is 392 g/mol. The van der Waals surface area contributed by atoms with E-state index in [1.165, 1.54) is 25.6 Å². The zero-order valence-electron chi connectivity index (χ0n) is 16.9. The van der Waals surface area contributed by atoms with Crippen molar-refractivity contribution in [3.63, 3.8) is 0 Å². The summed E-state index contributed by atoms with van der Waals surface area (Å²) in [7, 11) is 4.66. The van der Waals surface area contributed by atoms with Crippen LogP contribution >= 0.6 is 11.3 Å². The molecule has 1 aromatic heterocycles. The molecule has 0 bridgehead atoms. The van der Waals surface area contributed by atoms with E-state index in [-0.39, 0.29) is 0 Å². The van der Waals surface area contributed by atoms with Crippen molar-refractivity contribution in [3.05, 3.63) is 46.8 Å². The number of ether oxygens (including phenoxy) is 4. The predicted octanol–water partition coefficient (Wildman–Crippen LogP) is 3.51. The van der Waals surface area contributed by atoms with Crippen LogP contribution in [0.4, 0.5) is 0 Å². The highest BCUT2D eigenvalue weighted by Gasteiger charge is 2.17. The number of rotatable bonds is 8. The summed E-state index contributed by atoms with van der Waals surface area (Å²) in [5.74, 6) is 1.21. The quantitative estimate of drug-likeness (QED) is 0.526. The third-order valence-electron chi connectivity index (χ3n) is 4.38. The zero-order chi connectivity index (χ0) is 20.8. The van der Waals surface area contributed by atoms with Crippen molar-refractivity contribution in [2.75, 3.05) is 34.5 Å². The van der Waals surface area contributed by atoms with Gasteiger partial charge in [0.25, 0.3) is 5.91 Å². The van der Waals surface area contributed by atoms with E-state index in [2.05, 4.69) is 4.99 Å². The second-order valence-corrected chi connectivity index (χ2v) is 7.03. The summed E-state index contributed by atoms with van der Waals surface area (Å²) in [5, 5.41) is 0. The van der Waals surface area contributed by atoms with Gasteiger partial charge in [-0.1, -0.05) is 17.4 Å². The average Bonchev–Trinajstić information content (AvgIpc) is 3.09. The van der Waals surface area contributed by atoms with Crippen LogP contribution in [0.2, 0.25) is 0 Å². The van der Waals surface area contributed by atoms with Crippen molar-refractivity contribution in [3.8, 4) is 17.2 Å². The Morgan fingerprint density at radius 1 is 1.10 bits per heavy atom. The molecule has 0 spiro atoms. The van der Waals surface area contributed by atoms with E-state index in [9.17, 15) is 4.79 Å². The van der Waals surface area contributed by atoms with Gasteiger partial charge < -0.3 is 23.5 Å². The van der Waals surface area contributed by atoms with Crippen LogP contribution < -0.4 is 19.0 Å². The molecule has 7 nitrogen and oxygen atoms in total. The Hall–Kier alpha value is -2.84. The molecule has 0 fully saturated rings. The van der Waals surface area contributed by atoms with E-state index >= 15 is 0 Å². The summed E-state index contributed by atoms with van der Waals surface area (Å²) in [6.45, 7) is 3.69. The highest BCUT2D eigenvalue weighted by atomic mass is 32.1. The second-order valence-electron chi connectivity index (χ2n) is 6.02. The first-order valence-electron chi connectivity index (χ1n) is 9.18. The van der Waals surface area contributed by atoms with Crippen molar-refractivity contribution >= 4 is 27.5 Å². The van der Waals surface area contributed by atoms with Crippen LogP contribution in [0.25, 0.3) is 10.2 Å². The summed E-state index contributed by atoms with van der Waals surface area (Å²) in [6.07, 6.45) is 0. The lowest BCUT2D eigenvalue weighted by molar-refractivity contribution is 0.0993. The number of fused-ring (bicyclic) bond motifs is 1. The number of hydrogen-bond acceptors (Lipinski definition) is 6. The lowest BCUT2D eigenvalue weighted by Crippen LogP contribution is -2.20. The molecule has 3 aromatic rings. The van der Waals surface area contributed by atoms with Crippen LogP contribution in [0.15, 0.2) is 41.4 Å². The van der Waals surface area contributed by atoms with Crippen LogP contribution in [0.1, 0.15) is 17.3 Å². The highest BCUT2D eigenvalue weighted by Crippen LogP contribution is 2.31. The molecule has 0 aliphatic rings. The molecule has 0 atom stereocenters. The highest BCUT2D eigenvalue weighted by molar-refractivity contribution is 7.16. The molecule has 1 amide bonds. The number of para-hydroxylation sites is 1. The van der Waals surface area contributed by atoms with Gasteiger partial charge >= 0.3 is 0 Å². The molecule has 154 valence electrons. The lowest BCUT2D eigenvalue weighted by atomic mass is 10.2. The third-order valence-corrected chi connectivity index (χ3v) is 5.42. The van der Waals surface area contributed by atoms with Crippen molar-refractivity contribution in [1.82, 2.24) is 4.57 Å². The lowest BCUT2D eigenvalue weighted by Gasteiger charge is -2.10. The van der Waals surface area contributed by atoms with Crippen LogP contribution in [-0.4, -0.2) is 45.0 Å². The summed E-state index contributed by atoms with van der Waals surface area (Å²) < 4.78 is 24.5. The number of carbonyl (C=O) groups excluding carboxylic acids is 1. The summed E-state index contributed by atoms with van der Waals surface area (Å²) in [5.41, 5.74) is 1.32. The Kier molecular flexibility index (Phi) is 6.90. The Labute approximate surface area is 173 Å². The number of benzene rings is 2. The van der Waals surface area contributed by atoms with Gasteiger partial charge in [-0.2, -0.15) is 4.99 Å². The largest absolute Gasteiger partial charge is 0.497 e. The molecule has 1 heterocycles. The Bertz CT molecular complexity index is 1070. The van der Waals surface area contributed by atoms with Crippen molar-refractivity contribution < 1.29 is 23.7 Å². The van der Waals surface area contributed by atoms with Gasteiger partial charge in [0.2, 0.25) is 0 Å². The average molecular weight is 416 g/mol. The van der Waals surface area contributed by atoms with Crippen LogP contribution in [-0.2, 0) is 11.3 Å². The number of carbonyl (C=O) groups is 1. The molecule has 8 heteroatoms. The fourth-order valence-electron chi connectivity index (χ4n) is 2.98. The van der Waals surface area contributed by atoms with Gasteiger partial charge in [-0.05, 0) is 37.3 Å². The molecule has 0 aliphatic carbocycles. The number of thiazole rings is 1. The summed E-state index contributed by atoms with van der Waals surface area (Å²) >= 11 is 1.43. The molecule has 2 aromatic carbocycles. The standard InChI is InChI=1S/C21H24N2O5S/c1-5-28-12-11-23-16-10-9-14(25-2)13-18(16)29-21(23)22-20(24)15-7-6-8-17(26-3)19(15)27-4/h6-10,13H,5,11-12H2,1-4H3. The van der Waals surface area contributed by atoms with E-state index in [0.717, 1.165) is 16.0 Å². The maximum atomic E-state index is 13.0. The fraction of sp³-hybridized carbons (Fsp3) is 0.333. The van der Waals surface area contributed by atoms with Gasteiger partial charge in [0.05, 0.1) is 43.7 Å². The molecule has 0 saturated carbocycles. The molecule has 0 radical (unpaired) electrons. The molecular formula is C21H24N2O5S. The topological polar surface area (TPSA) is 71.3 Å². The monoisotopic (exact) mass is 416 g/mol. The minimum absolute atomic E-state index is 0.346. The second kappa shape index (κ2) is 9.58. The van der Waals surface area contributed by atoms with Crippen LogP contribution in [0.5, 0.6) is 17.2 Å². The smallest absolute Gasteiger partial charge is 0.283 e. The molecule has 0 N–H and O–H groups in total. The van der Waals surface area contributed by atoms with E-state index in [0.29, 0.717) is 41.6 Å². The van der Waals surface area contributed by atoms with Gasteiger partial charge in [-0.3, -0.25) is 4.79 Å². The molecule has 0 saturated heterocycles. The van der Waals surface area contributed by atoms with Gasteiger partial charge in [-0.25, -0.2) is 0 Å². The normalized spacial score (nSPS) is 11.7. The minimum Gasteiger partial charge on any atom is -0.497 e. The summed E-state index contributed by atoms with van der Waals surface area (Å²) in [4.78, 5) is 18.0. The minimum atomic E-state index is -0.399. The van der Waals surface area contributed by atoms with Crippen molar-refractivity contribution in [2.24, 2.45) is 4.99 Å². The maximum absolute atomic E-state index is 13.0. The van der Waals surface area contributed by atoms with E-state index in [1.807, 2.05) is 29.7 Å².